The van der Waals surface area contributed by atoms with E-state index in [9.17, 15) is 4.79 Å². The quantitative estimate of drug-likeness (QED) is 0.760. The van der Waals surface area contributed by atoms with E-state index in [0.29, 0.717) is 18.2 Å². The summed E-state index contributed by atoms with van der Waals surface area (Å²) in [7, 11) is 0. The van der Waals surface area contributed by atoms with Crippen molar-refractivity contribution < 1.29 is 9.53 Å². The fraction of sp³-hybridized carbons (Fsp3) is 0.438. The van der Waals surface area contributed by atoms with Gasteiger partial charge in [-0.1, -0.05) is 0 Å². The van der Waals surface area contributed by atoms with E-state index < -0.39 is 0 Å². The normalized spacial score (nSPS) is 19.2. The van der Waals surface area contributed by atoms with Gasteiger partial charge in [-0.05, 0) is 26.2 Å². The molecule has 3 rings (SSSR count). The molecule has 2 heterocycles. The molecule has 2 atom stereocenters. The summed E-state index contributed by atoms with van der Waals surface area (Å²) in [5.41, 5.74) is 1.25. The van der Waals surface area contributed by atoms with E-state index in [2.05, 4.69) is 30.8 Å². The summed E-state index contributed by atoms with van der Waals surface area (Å²) < 4.78 is 5.38. The number of nitrogens with one attached hydrogen (secondary N) is 3. The number of aromatic amines is 1. The maximum Gasteiger partial charge on any atom is 0.407 e. The van der Waals surface area contributed by atoms with Crippen molar-refractivity contribution in [2.75, 3.05) is 11.9 Å². The Balaban J connectivity index is 1.56. The molecule has 0 radical (unpaired) electrons. The number of H-pyrrole nitrogens is 1. The van der Waals surface area contributed by atoms with Gasteiger partial charge < -0.3 is 15.4 Å². The van der Waals surface area contributed by atoms with Crippen LogP contribution >= 0.6 is 0 Å². The van der Waals surface area contributed by atoms with Gasteiger partial charge in [0.1, 0.15) is 18.0 Å². The molecule has 0 aromatic carbocycles. The van der Waals surface area contributed by atoms with Gasteiger partial charge in [0.2, 0.25) is 0 Å². The number of amides is 1. The monoisotopic (exact) mass is 341 g/mol. The molecule has 1 aliphatic carbocycles. The summed E-state index contributed by atoms with van der Waals surface area (Å²) in [6, 6.07) is 3.84. The van der Waals surface area contributed by atoms with Crippen LogP contribution in [0.1, 0.15) is 43.5 Å². The lowest BCUT2D eigenvalue weighted by Gasteiger charge is -2.12. The standard InChI is InChI=1S/C16H19N7O2/c1-2-18-16(24)25-12-4-3-10(5-12)13-6-14(23-22-13)21-15-9-19-11(7-17)8-20-15/h6,8-10,12H,2-5H2,1H3,(H,18,24)(H2,20,21,22,23). The zero-order chi connectivity index (χ0) is 17.6. The minimum absolute atomic E-state index is 0.0688. The van der Waals surface area contributed by atoms with Crippen LogP contribution < -0.4 is 10.6 Å². The van der Waals surface area contributed by atoms with Crippen molar-refractivity contribution in [1.82, 2.24) is 25.5 Å². The Morgan fingerprint density at radius 3 is 3.00 bits per heavy atom. The molecule has 0 saturated heterocycles. The number of nitrogens with zero attached hydrogens (tertiary/aromatic N) is 4. The van der Waals surface area contributed by atoms with Gasteiger partial charge in [0.15, 0.2) is 11.5 Å². The molecule has 1 aliphatic rings. The molecule has 3 N–H and O–H groups in total. The third kappa shape index (κ3) is 4.23. The molecular weight excluding hydrogens is 322 g/mol. The van der Waals surface area contributed by atoms with E-state index in [4.69, 9.17) is 10.00 Å². The van der Waals surface area contributed by atoms with Crippen LogP contribution in [0.15, 0.2) is 18.5 Å². The minimum atomic E-state index is -0.362. The molecule has 0 spiro atoms. The van der Waals surface area contributed by atoms with Gasteiger partial charge in [0.05, 0.1) is 12.4 Å². The molecule has 25 heavy (non-hydrogen) atoms. The highest BCUT2D eigenvalue weighted by molar-refractivity contribution is 5.67. The highest BCUT2D eigenvalue weighted by Gasteiger charge is 2.29. The van der Waals surface area contributed by atoms with E-state index in [0.717, 1.165) is 25.0 Å². The lowest BCUT2D eigenvalue weighted by Crippen LogP contribution is -2.27. The van der Waals surface area contributed by atoms with Crippen LogP contribution in [0.2, 0.25) is 0 Å². The van der Waals surface area contributed by atoms with Crippen molar-refractivity contribution in [3.8, 4) is 6.07 Å². The number of anilines is 2. The van der Waals surface area contributed by atoms with E-state index in [1.54, 1.807) is 0 Å². The summed E-state index contributed by atoms with van der Waals surface area (Å²) in [5.74, 6) is 1.41. The molecule has 9 heteroatoms. The second kappa shape index (κ2) is 7.61. The summed E-state index contributed by atoms with van der Waals surface area (Å²) in [5, 5.41) is 21.6. The molecule has 0 bridgehead atoms. The zero-order valence-electron chi connectivity index (χ0n) is 13.8. The summed E-state index contributed by atoms with van der Waals surface area (Å²) in [4.78, 5) is 19.5. The van der Waals surface area contributed by atoms with Crippen molar-refractivity contribution in [3.05, 3.63) is 29.8 Å². The topological polar surface area (TPSA) is 129 Å². The molecule has 9 nitrogen and oxygen atoms in total. The average molecular weight is 341 g/mol. The maximum atomic E-state index is 11.5. The van der Waals surface area contributed by atoms with E-state index in [1.807, 2.05) is 19.1 Å². The molecule has 2 aromatic heterocycles. The Hall–Kier alpha value is -3.15. The smallest absolute Gasteiger partial charge is 0.407 e. The van der Waals surface area contributed by atoms with Gasteiger partial charge in [0, 0.05) is 24.2 Å². The van der Waals surface area contributed by atoms with Crippen molar-refractivity contribution in [2.24, 2.45) is 0 Å². The Labute approximate surface area is 144 Å². The lowest BCUT2D eigenvalue weighted by molar-refractivity contribution is 0.101. The minimum Gasteiger partial charge on any atom is -0.446 e. The van der Waals surface area contributed by atoms with Gasteiger partial charge in [-0.3, -0.25) is 5.10 Å². The van der Waals surface area contributed by atoms with E-state index in [1.165, 1.54) is 12.4 Å². The molecule has 0 aliphatic heterocycles. The number of aromatic nitrogens is 4. The van der Waals surface area contributed by atoms with Gasteiger partial charge >= 0.3 is 6.09 Å². The second-order valence-corrected chi connectivity index (χ2v) is 5.80. The van der Waals surface area contributed by atoms with E-state index in [-0.39, 0.29) is 23.8 Å². The third-order valence-corrected chi connectivity index (χ3v) is 4.04. The van der Waals surface area contributed by atoms with Gasteiger partial charge in [0.25, 0.3) is 0 Å². The van der Waals surface area contributed by atoms with Crippen LogP contribution in [0.5, 0.6) is 0 Å². The Morgan fingerprint density at radius 1 is 1.40 bits per heavy atom. The Bertz CT molecular complexity index is 766. The fourth-order valence-electron chi connectivity index (χ4n) is 2.86. The number of carbonyl (C=O) groups is 1. The molecule has 1 amide bonds. The van der Waals surface area contributed by atoms with Crippen LogP contribution in [0, 0.1) is 11.3 Å². The van der Waals surface area contributed by atoms with Gasteiger partial charge in [-0.15, -0.1) is 0 Å². The second-order valence-electron chi connectivity index (χ2n) is 5.80. The van der Waals surface area contributed by atoms with Gasteiger partial charge in [-0.25, -0.2) is 14.8 Å². The van der Waals surface area contributed by atoms with Gasteiger partial charge in [-0.2, -0.15) is 10.4 Å². The first-order valence-electron chi connectivity index (χ1n) is 8.17. The van der Waals surface area contributed by atoms with Crippen LogP contribution in [-0.2, 0) is 4.74 Å². The molecule has 2 unspecified atom stereocenters. The molecule has 1 fully saturated rings. The first kappa shape index (κ1) is 16.7. The summed E-state index contributed by atoms with van der Waals surface area (Å²) >= 11 is 0. The van der Waals surface area contributed by atoms with Crippen LogP contribution in [0.25, 0.3) is 0 Å². The predicted octanol–water partition coefficient (Wildman–Crippen LogP) is 2.20. The number of hydrogen-bond donors (Lipinski definition) is 3. The lowest BCUT2D eigenvalue weighted by atomic mass is 10.0. The van der Waals surface area contributed by atoms with Crippen molar-refractivity contribution in [1.29, 1.82) is 5.26 Å². The van der Waals surface area contributed by atoms with Crippen LogP contribution in [0.3, 0.4) is 0 Å². The molecule has 2 aromatic rings. The highest BCUT2D eigenvalue weighted by Crippen LogP contribution is 2.36. The predicted molar refractivity (Wildman–Crippen MR) is 89.2 cm³/mol. The van der Waals surface area contributed by atoms with Crippen LogP contribution in [-0.4, -0.2) is 38.9 Å². The SMILES string of the molecule is CCNC(=O)OC1CCC(c2cc(Nc3cnc(C#N)cn3)n[nH]2)C1. The molecular formula is C16H19N7O2. The maximum absolute atomic E-state index is 11.5. The summed E-state index contributed by atoms with van der Waals surface area (Å²) in [6.07, 6.45) is 5.00. The molecule has 1 saturated carbocycles. The van der Waals surface area contributed by atoms with Crippen molar-refractivity contribution in [3.63, 3.8) is 0 Å². The number of nitriles is 1. The first-order valence-corrected chi connectivity index (χ1v) is 8.17. The number of carbonyl (C=O) groups excluding carboxylic acids is 1. The fourth-order valence-corrected chi connectivity index (χ4v) is 2.86. The highest BCUT2D eigenvalue weighted by atomic mass is 16.6. The Morgan fingerprint density at radius 2 is 2.28 bits per heavy atom. The number of hydrogen-bond acceptors (Lipinski definition) is 7. The number of ether oxygens (including phenoxy) is 1. The zero-order valence-corrected chi connectivity index (χ0v) is 13.8. The van der Waals surface area contributed by atoms with E-state index >= 15 is 0 Å². The Kier molecular flexibility index (Phi) is 5.09. The number of alkyl carbamates (subject to hydrolysis) is 1. The third-order valence-electron chi connectivity index (χ3n) is 4.04. The van der Waals surface area contributed by atoms with Crippen LogP contribution in [0.4, 0.5) is 16.4 Å². The van der Waals surface area contributed by atoms with Crippen molar-refractivity contribution in [2.45, 2.75) is 38.2 Å². The number of rotatable bonds is 5. The molecule has 130 valence electrons. The first-order chi connectivity index (χ1) is 12.2. The van der Waals surface area contributed by atoms with Crippen molar-refractivity contribution >= 4 is 17.7 Å². The largest absolute Gasteiger partial charge is 0.446 e. The average Bonchev–Trinajstić information content (AvgIpc) is 3.25. The summed E-state index contributed by atoms with van der Waals surface area (Å²) in [6.45, 7) is 2.42.